The lowest BCUT2D eigenvalue weighted by molar-refractivity contribution is -0.118. The van der Waals surface area contributed by atoms with Crippen LogP contribution in [0, 0.1) is 0 Å². The molecular formula is C12H14O2. The van der Waals surface area contributed by atoms with Crippen LogP contribution in [0.1, 0.15) is 30.1 Å². The molecule has 0 bridgehead atoms. The average molecular weight is 190 g/mol. The van der Waals surface area contributed by atoms with Gasteiger partial charge in [0.2, 0.25) is 0 Å². The summed E-state index contributed by atoms with van der Waals surface area (Å²) < 4.78 is 5.39. The minimum absolute atomic E-state index is 0.0950. The van der Waals surface area contributed by atoms with Crippen LogP contribution in [0.4, 0.5) is 0 Å². The number of Topliss-reactive ketones (excluding diaryl/α,β-unsaturated/α-hetero) is 1. The van der Waals surface area contributed by atoms with Gasteiger partial charge < -0.3 is 4.74 Å². The van der Waals surface area contributed by atoms with Crippen molar-refractivity contribution in [1.29, 1.82) is 0 Å². The van der Waals surface area contributed by atoms with E-state index in [9.17, 15) is 4.79 Å². The normalized spacial score (nSPS) is 21.5. The van der Waals surface area contributed by atoms with E-state index >= 15 is 0 Å². The lowest BCUT2D eigenvalue weighted by Gasteiger charge is -2.14. The molecular weight excluding hydrogens is 176 g/mol. The molecule has 1 atom stereocenters. The van der Waals surface area contributed by atoms with Gasteiger partial charge in [0, 0.05) is 20.0 Å². The molecule has 0 radical (unpaired) electrons. The fourth-order valence-corrected chi connectivity index (χ4v) is 2.00. The number of methoxy groups -OCH3 is 1. The van der Waals surface area contributed by atoms with Crippen LogP contribution in [0.3, 0.4) is 0 Å². The predicted octanol–water partition coefficient (Wildman–Crippen LogP) is 2.28. The quantitative estimate of drug-likeness (QED) is 0.635. The van der Waals surface area contributed by atoms with E-state index in [2.05, 4.69) is 6.07 Å². The topological polar surface area (TPSA) is 26.3 Å². The van der Waals surface area contributed by atoms with Crippen molar-refractivity contribution >= 4 is 5.78 Å². The highest BCUT2D eigenvalue weighted by molar-refractivity contribution is 5.81. The van der Waals surface area contributed by atoms with Gasteiger partial charge in [-0.2, -0.15) is 0 Å². The van der Waals surface area contributed by atoms with Crippen molar-refractivity contribution in [3.05, 3.63) is 35.4 Å². The first-order valence-corrected chi connectivity index (χ1v) is 4.93. The molecule has 0 heterocycles. The molecule has 0 fully saturated rings. The summed E-state index contributed by atoms with van der Waals surface area (Å²) in [5, 5.41) is 0. The van der Waals surface area contributed by atoms with Gasteiger partial charge in [0.1, 0.15) is 5.78 Å². The SMILES string of the molecule is COC1CCC(=O)Cc2ccccc21. The first kappa shape index (κ1) is 9.41. The third-order valence-electron chi connectivity index (χ3n) is 2.76. The van der Waals surface area contributed by atoms with Crippen LogP contribution in [0.15, 0.2) is 24.3 Å². The third-order valence-corrected chi connectivity index (χ3v) is 2.76. The Labute approximate surface area is 83.9 Å². The summed E-state index contributed by atoms with van der Waals surface area (Å²) >= 11 is 0. The van der Waals surface area contributed by atoms with Crippen molar-refractivity contribution in [2.75, 3.05) is 7.11 Å². The van der Waals surface area contributed by atoms with Gasteiger partial charge in [0.05, 0.1) is 6.10 Å². The van der Waals surface area contributed by atoms with Crippen LogP contribution in [-0.2, 0) is 16.0 Å². The third kappa shape index (κ3) is 1.70. The molecule has 74 valence electrons. The van der Waals surface area contributed by atoms with Crippen molar-refractivity contribution in [2.24, 2.45) is 0 Å². The van der Waals surface area contributed by atoms with E-state index in [1.807, 2.05) is 18.2 Å². The Morgan fingerprint density at radius 1 is 1.36 bits per heavy atom. The van der Waals surface area contributed by atoms with Gasteiger partial charge in [-0.3, -0.25) is 4.79 Å². The molecule has 14 heavy (non-hydrogen) atoms. The second-order valence-corrected chi connectivity index (χ2v) is 3.68. The standard InChI is InChI=1S/C12H14O2/c1-14-12-7-6-10(13)8-9-4-2-3-5-11(9)12/h2-5,12H,6-8H2,1H3. The Hall–Kier alpha value is -1.15. The summed E-state index contributed by atoms with van der Waals surface area (Å²) in [7, 11) is 1.71. The molecule has 0 aromatic heterocycles. The monoisotopic (exact) mass is 190 g/mol. The van der Waals surface area contributed by atoms with E-state index in [-0.39, 0.29) is 6.10 Å². The maximum atomic E-state index is 11.5. The molecule has 2 rings (SSSR count). The fourth-order valence-electron chi connectivity index (χ4n) is 2.00. The first-order valence-electron chi connectivity index (χ1n) is 4.93. The largest absolute Gasteiger partial charge is 0.377 e. The summed E-state index contributed by atoms with van der Waals surface area (Å²) in [5.41, 5.74) is 2.31. The molecule has 0 aliphatic heterocycles. The van der Waals surface area contributed by atoms with Crippen molar-refractivity contribution in [2.45, 2.75) is 25.4 Å². The number of fused-ring (bicyclic) bond motifs is 1. The Balaban J connectivity index is 2.40. The van der Waals surface area contributed by atoms with Gasteiger partial charge in [-0.05, 0) is 17.5 Å². The summed E-state index contributed by atoms with van der Waals surface area (Å²) in [6.07, 6.45) is 2.10. The van der Waals surface area contributed by atoms with Crippen molar-refractivity contribution in [3.63, 3.8) is 0 Å². The molecule has 1 aliphatic carbocycles. The number of hydrogen-bond acceptors (Lipinski definition) is 2. The second-order valence-electron chi connectivity index (χ2n) is 3.68. The maximum Gasteiger partial charge on any atom is 0.137 e. The van der Waals surface area contributed by atoms with Gasteiger partial charge in [-0.15, -0.1) is 0 Å². The van der Waals surface area contributed by atoms with E-state index in [0.29, 0.717) is 18.6 Å². The van der Waals surface area contributed by atoms with Crippen LogP contribution in [-0.4, -0.2) is 12.9 Å². The lowest BCUT2D eigenvalue weighted by Crippen LogP contribution is -2.01. The minimum Gasteiger partial charge on any atom is -0.377 e. The molecule has 0 saturated carbocycles. The molecule has 0 spiro atoms. The zero-order valence-electron chi connectivity index (χ0n) is 8.32. The highest BCUT2D eigenvalue weighted by atomic mass is 16.5. The lowest BCUT2D eigenvalue weighted by atomic mass is 10.0. The van der Waals surface area contributed by atoms with Gasteiger partial charge >= 0.3 is 0 Å². The Morgan fingerprint density at radius 2 is 2.14 bits per heavy atom. The van der Waals surface area contributed by atoms with E-state index in [0.717, 1.165) is 12.0 Å². The smallest absolute Gasteiger partial charge is 0.137 e. The highest BCUT2D eigenvalue weighted by Gasteiger charge is 2.21. The van der Waals surface area contributed by atoms with Gasteiger partial charge in [-0.25, -0.2) is 0 Å². The average Bonchev–Trinajstić information content (AvgIpc) is 2.36. The Kier molecular flexibility index (Phi) is 2.64. The van der Waals surface area contributed by atoms with Gasteiger partial charge in [0.25, 0.3) is 0 Å². The zero-order valence-corrected chi connectivity index (χ0v) is 8.32. The van der Waals surface area contributed by atoms with Crippen LogP contribution in [0.5, 0.6) is 0 Å². The number of ketones is 1. The number of carbonyl (C=O) groups is 1. The molecule has 2 nitrogen and oxygen atoms in total. The highest BCUT2D eigenvalue weighted by Crippen LogP contribution is 2.29. The molecule has 0 N–H and O–H groups in total. The van der Waals surface area contributed by atoms with Gasteiger partial charge in [-0.1, -0.05) is 24.3 Å². The van der Waals surface area contributed by atoms with Crippen LogP contribution in [0.2, 0.25) is 0 Å². The van der Waals surface area contributed by atoms with Crippen molar-refractivity contribution < 1.29 is 9.53 Å². The van der Waals surface area contributed by atoms with Crippen molar-refractivity contribution in [1.82, 2.24) is 0 Å². The molecule has 1 aromatic carbocycles. The first-order chi connectivity index (χ1) is 6.81. The van der Waals surface area contributed by atoms with Gasteiger partial charge in [0.15, 0.2) is 0 Å². The van der Waals surface area contributed by atoms with E-state index < -0.39 is 0 Å². The molecule has 0 amide bonds. The Bertz CT molecular complexity index is 344. The summed E-state index contributed by atoms with van der Waals surface area (Å²) in [5.74, 6) is 0.317. The molecule has 1 aromatic rings. The van der Waals surface area contributed by atoms with E-state index in [1.165, 1.54) is 5.56 Å². The van der Waals surface area contributed by atoms with Crippen LogP contribution < -0.4 is 0 Å². The number of rotatable bonds is 1. The number of ether oxygens (including phenoxy) is 1. The van der Waals surface area contributed by atoms with Crippen LogP contribution in [0.25, 0.3) is 0 Å². The molecule has 1 aliphatic rings. The molecule has 2 heteroatoms. The summed E-state index contributed by atoms with van der Waals surface area (Å²) in [6, 6.07) is 8.05. The number of hydrogen-bond donors (Lipinski definition) is 0. The molecule has 1 unspecified atom stereocenters. The fraction of sp³-hybridized carbons (Fsp3) is 0.417. The zero-order chi connectivity index (χ0) is 9.97. The van der Waals surface area contributed by atoms with E-state index in [4.69, 9.17) is 4.74 Å². The van der Waals surface area contributed by atoms with Crippen molar-refractivity contribution in [3.8, 4) is 0 Å². The predicted molar refractivity (Wildman–Crippen MR) is 54.1 cm³/mol. The van der Waals surface area contributed by atoms with Crippen LogP contribution >= 0.6 is 0 Å². The minimum atomic E-state index is 0.0950. The Morgan fingerprint density at radius 3 is 2.93 bits per heavy atom. The maximum absolute atomic E-state index is 11.5. The van der Waals surface area contributed by atoms with E-state index in [1.54, 1.807) is 7.11 Å². The number of carbonyl (C=O) groups excluding carboxylic acids is 1. The summed E-state index contributed by atoms with van der Waals surface area (Å²) in [4.78, 5) is 11.5. The summed E-state index contributed by atoms with van der Waals surface area (Å²) in [6.45, 7) is 0. The second kappa shape index (κ2) is 3.93. The molecule has 0 saturated heterocycles. The number of benzene rings is 1.